The first kappa shape index (κ1) is 14.7. The Labute approximate surface area is 121 Å². The number of carbonyl (C=O) groups is 2. The lowest BCUT2D eigenvalue weighted by atomic mass is 10.1. The van der Waals surface area contributed by atoms with Crippen LogP contribution in [0.1, 0.15) is 33.3 Å². The van der Waals surface area contributed by atoms with Gasteiger partial charge in [-0.3, -0.25) is 9.97 Å². The minimum atomic E-state index is -0.609. The molecule has 0 radical (unpaired) electrons. The third-order valence-electron chi connectivity index (χ3n) is 2.88. The summed E-state index contributed by atoms with van der Waals surface area (Å²) in [6.45, 7) is 3.57. The van der Waals surface area contributed by atoms with Crippen molar-refractivity contribution in [2.45, 2.75) is 13.8 Å². The number of ether oxygens (including phenoxy) is 2. The second-order valence-electron chi connectivity index (χ2n) is 4.18. The highest BCUT2D eigenvalue weighted by Crippen LogP contribution is 2.27. The van der Waals surface area contributed by atoms with Crippen LogP contribution in [0.5, 0.6) is 0 Å². The number of rotatable bonds is 4. The fourth-order valence-electron chi connectivity index (χ4n) is 2.01. The smallest absolute Gasteiger partial charge is 0.341 e. The quantitative estimate of drug-likeness (QED) is 0.862. The van der Waals surface area contributed by atoms with E-state index in [-0.39, 0.29) is 17.7 Å². The van der Waals surface area contributed by atoms with Crippen LogP contribution >= 0.6 is 0 Å². The van der Waals surface area contributed by atoms with E-state index in [2.05, 4.69) is 15.0 Å². The zero-order valence-corrected chi connectivity index (χ0v) is 12.0. The highest BCUT2D eigenvalue weighted by molar-refractivity contribution is 6.08. The summed E-state index contributed by atoms with van der Waals surface area (Å²) in [6, 6.07) is 0. The van der Waals surface area contributed by atoms with Crippen LogP contribution in [0.3, 0.4) is 0 Å². The van der Waals surface area contributed by atoms with E-state index in [1.807, 2.05) is 0 Å². The van der Waals surface area contributed by atoms with Crippen molar-refractivity contribution < 1.29 is 19.1 Å². The van der Waals surface area contributed by atoms with Crippen LogP contribution in [0, 0.1) is 6.92 Å². The Bertz CT molecular complexity index is 664. The van der Waals surface area contributed by atoms with Crippen molar-refractivity contribution in [3.05, 3.63) is 35.4 Å². The number of hydrogen-bond donors (Lipinski definition) is 1. The molecular weight excluding hydrogens is 274 g/mol. The number of methoxy groups -OCH3 is 1. The zero-order valence-electron chi connectivity index (χ0n) is 12.0. The molecule has 0 saturated carbocycles. The van der Waals surface area contributed by atoms with Gasteiger partial charge in [0.1, 0.15) is 11.3 Å². The fraction of sp³-hybridized carbons (Fsp3) is 0.286. The molecular formula is C14H15N3O4. The summed E-state index contributed by atoms with van der Waals surface area (Å²) in [7, 11) is 1.26. The van der Waals surface area contributed by atoms with Crippen LogP contribution in [0.25, 0.3) is 11.4 Å². The Morgan fingerprint density at radius 1 is 1.24 bits per heavy atom. The Kier molecular flexibility index (Phi) is 4.32. The highest BCUT2D eigenvalue weighted by atomic mass is 16.5. The monoisotopic (exact) mass is 289 g/mol. The van der Waals surface area contributed by atoms with Gasteiger partial charge in [0.15, 0.2) is 0 Å². The van der Waals surface area contributed by atoms with Gasteiger partial charge in [-0.1, -0.05) is 0 Å². The van der Waals surface area contributed by atoms with Crippen LogP contribution in [-0.4, -0.2) is 40.6 Å². The van der Waals surface area contributed by atoms with Gasteiger partial charge in [0.25, 0.3) is 0 Å². The summed E-state index contributed by atoms with van der Waals surface area (Å²) >= 11 is 0. The third kappa shape index (κ3) is 2.76. The van der Waals surface area contributed by atoms with Crippen LogP contribution in [0.2, 0.25) is 0 Å². The average molecular weight is 289 g/mol. The lowest BCUT2D eigenvalue weighted by Gasteiger charge is -2.05. The number of aromatic amines is 1. The lowest BCUT2D eigenvalue weighted by molar-refractivity contribution is 0.0505. The molecule has 7 nitrogen and oxygen atoms in total. The van der Waals surface area contributed by atoms with Gasteiger partial charge in [0.05, 0.1) is 31.2 Å². The topological polar surface area (TPSA) is 94.2 Å². The molecule has 0 aliphatic heterocycles. The number of H-pyrrole nitrogens is 1. The largest absolute Gasteiger partial charge is 0.465 e. The maximum absolute atomic E-state index is 12.2. The normalized spacial score (nSPS) is 10.2. The van der Waals surface area contributed by atoms with E-state index in [0.29, 0.717) is 17.1 Å². The molecule has 0 bridgehead atoms. The predicted molar refractivity (Wildman–Crippen MR) is 73.9 cm³/mol. The first-order valence-electron chi connectivity index (χ1n) is 6.34. The van der Waals surface area contributed by atoms with Crippen molar-refractivity contribution in [2.75, 3.05) is 13.7 Å². The molecule has 0 amide bonds. The molecule has 0 unspecified atom stereocenters. The SMILES string of the molecule is CCOC(=O)c1c(-c2cnccn2)[nH]c(C)c1C(=O)OC. The van der Waals surface area contributed by atoms with Crippen LogP contribution in [-0.2, 0) is 9.47 Å². The first-order chi connectivity index (χ1) is 10.1. The van der Waals surface area contributed by atoms with E-state index in [0.717, 1.165) is 0 Å². The number of carbonyl (C=O) groups excluding carboxylic acids is 2. The summed E-state index contributed by atoms with van der Waals surface area (Å²) in [4.78, 5) is 35.2. The molecule has 2 rings (SSSR count). The first-order valence-corrected chi connectivity index (χ1v) is 6.34. The number of hydrogen-bond acceptors (Lipinski definition) is 6. The third-order valence-corrected chi connectivity index (χ3v) is 2.88. The molecule has 2 aromatic rings. The van der Waals surface area contributed by atoms with E-state index in [4.69, 9.17) is 9.47 Å². The molecule has 0 saturated heterocycles. The highest BCUT2D eigenvalue weighted by Gasteiger charge is 2.28. The van der Waals surface area contributed by atoms with Crippen LogP contribution in [0.15, 0.2) is 18.6 Å². The number of aryl methyl sites for hydroxylation is 1. The number of nitrogens with one attached hydrogen (secondary N) is 1. The van der Waals surface area contributed by atoms with Gasteiger partial charge in [-0.25, -0.2) is 9.59 Å². The van der Waals surface area contributed by atoms with Gasteiger partial charge in [-0.15, -0.1) is 0 Å². The van der Waals surface area contributed by atoms with Gasteiger partial charge >= 0.3 is 11.9 Å². The second kappa shape index (κ2) is 6.17. The zero-order chi connectivity index (χ0) is 15.4. The minimum Gasteiger partial charge on any atom is -0.465 e. The van der Waals surface area contributed by atoms with Gasteiger partial charge in [-0.2, -0.15) is 0 Å². The minimum absolute atomic E-state index is 0.113. The molecule has 0 atom stereocenters. The van der Waals surface area contributed by atoms with Crippen molar-refractivity contribution in [2.24, 2.45) is 0 Å². The summed E-state index contributed by atoms with van der Waals surface area (Å²) in [5.41, 5.74) is 1.60. The van der Waals surface area contributed by atoms with E-state index in [1.165, 1.54) is 25.7 Å². The van der Waals surface area contributed by atoms with E-state index in [9.17, 15) is 9.59 Å². The Morgan fingerprint density at radius 2 is 2.00 bits per heavy atom. The molecule has 0 fully saturated rings. The van der Waals surface area contributed by atoms with Gasteiger partial charge in [0.2, 0.25) is 0 Å². The van der Waals surface area contributed by atoms with E-state index in [1.54, 1.807) is 13.8 Å². The summed E-state index contributed by atoms with van der Waals surface area (Å²) in [5, 5.41) is 0. The standard InChI is InChI=1S/C14H15N3O4/c1-4-21-14(19)11-10(13(18)20-3)8(2)17-12(11)9-7-15-5-6-16-9/h5-7,17H,4H2,1-3H3. The van der Waals surface area contributed by atoms with Gasteiger partial charge < -0.3 is 14.5 Å². The Balaban J connectivity index is 2.66. The molecule has 0 aliphatic rings. The van der Waals surface area contributed by atoms with Gasteiger partial charge in [-0.05, 0) is 13.8 Å². The van der Waals surface area contributed by atoms with Crippen LogP contribution < -0.4 is 0 Å². The molecule has 110 valence electrons. The lowest BCUT2D eigenvalue weighted by Crippen LogP contribution is -2.12. The van der Waals surface area contributed by atoms with Crippen LogP contribution in [0.4, 0.5) is 0 Å². The molecule has 2 heterocycles. The fourth-order valence-corrected chi connectivity index (χ4v) is 2.01. The molecule has 2 aromatic heterocycles. The molecule has 1 N–H and O–H groups in total. The predicted octanol–water partition coefficient (Wildman–Crippen LogP) is 1.74. The Morgan fingerprint density at radius 3 is 2.57 bits per heavy atom. The van der Waals surface area contributed by atoms with Crippen molar-refractivity contribution >= 4 is 11.9 Å². The van der Waals surface area contributed by atoms with Gasteiger partial charge in [0, 0.05) is 18.1 Å². The molecule has 0 aliphatic carbocycles. The van der Waals surface area contributed by atoms with Crippen molar-refractivity contribution in [3.8, 4) is 11.4 Å². The molecule has 7 heteroatoms. The maximum Gasteiger partial charge on any atom is 0.341 e. The van der Waals surface area contributed by atoms with Crippen molar-refractivity contribution in [3.63, 3.8) is 0 Å². The van der Waals surface area contributed by atoms with E-state index >= 15 is 0 Å². The second-order valence-corrected chi connectivity index (χ2v) is 4.18. The number of esters is 2. The number of aromatic nitrogens is 3. The van der Waals surface area contributed by atoms with Crippen molar-refractivity contribution in [1.29, 1.82) is 0 Å². The molecule has 0 spiro atoms. The summed E-state index contributed by atoms with van der Waals surface area (Å²) < 4.78 is 9.76. The molecule has 0 aromatic carbocycles. The summed E-state index contributed by atoms with van der Waals surface area (Å²) in [5.74, 6) is -1.22. The number of nitrogens with zero attached hydrogens (tertiary/aromatic N) is 2. The Hall–Kier alpha value is -2.70. The van der Waals surface area contributed by atoms with E-state index < -0.39 is 11.9 Å². The summed E-state index contributed by atoms with van der Waals surface area (Å²) in [6.07, 6.45) is 4.51. The maximum atomic E-state index is 12.2. The molecule has 21 heavy (non-hydrogen) atoms. The van der Waals surface area contributed by atoms with Crippen molar-refractivity contribution in [1.82, 2.24) is 15.0 Å². The average Bonchev–Trinajstić information content (AvgIpc) is 2.85.